The number of benzene rings is 2. The van der Waals surface area contributed by atoms with Crippen LogP contribution in [0.2, 0.25) is 0 Å². The summed E-state index contributed by atoms with van der Waals surface area (Å²) in [5.74, 6) is 0.557. The Labute approximate surface area is 260 Å². The van der Waals surface area contributed by atoms with E-state index in [1.165, 1.54) is 37.2 Å². The van der Waals surface area contributed by atoms with E-state index in [4.69, 9.17) is 28.4 Å². The largest absolute Gasteiger partial charge is 0.493 e. The van der Waals surface area contributed by atoms with Crippen LogP contribution in [0.1, 0.15) is 37.9 Å². The molecule has 0 fully saturated rings. The molecule has 13 heteroatoms. The van der Waals surface area contributed by atoms with Crippen LogP contribution in [0.4, 0.5) is 0 Å². The Hall–Kier alpha value is -4.10. The minimum atomic E-state index is -0.861. The third kappa shape index (κ3) is 6.62. The third-order valence-corrected chi connectivity index (χ3v) is 8.12. The maximum atomic E-state index is 14.0. The van der Waals surface area contributed by atoms with Crippen LogP contribution in [-0.2, 0) is 19.1 Å². The molecule has 0 unspecified atom stereocenters. The number of nitrogens with zero attached hydrogens (tertiary/aromatic N) is 2. The van der Waals surface area contributed by atoms with Crippen LogP contribution >= 0.6 is 27.3 Å². The number of allylic oxidation sites excluding steroid dienone is 1. The van der Waals surface area contributed by atoms with E-state index in [0.717, 1.165) is 0 Å². The number of esters is 2. The van der Waals surface area contributed by atoms with Gasteiger partial charge in [-0.05, 0) is 62.2 Å². The lowest BCUT2D eigenvalue weighted by Gasteiger charge is -2.26. The number of rotatable bonds is 11. The molecule has 0 aliphatic carbocycles. The van der Waals surface area contributed by atoms with Crippen LogP contribution in [0.15, 0.2) is 55.9 Å². The quantitative estimate of drug-likeness (QED) is 0.281. The second-order valence-corrected chi connectivity index (χ2v) is 10.9. The fraction of sp³-hybridized carbons (Fsp3) is 0.333. The van der Waals surface area contributed by atoms with Crippen LogP contribution in [-0.4, -0.2) is 57.7 Å². The predicted molar refractivity (Wildman–Crippen MR) is 163 cm³/mol. The second kappa shape index (κ2) is 13.9. The molecule has 43 heavy (non-hydrogen) atoms. The zero-order chi connectivity index (χ0) is 31.3. The van der Waals surface area contributed by atoms with E-state index < -0.39 is 18.0 Å². The standard InChI is InChI=1S/C30H31BrN2O9S/c1-7-40-25(34)15-42-20-10-9-17(11-21(20)37-4)12-24-28(35)33-27(18-13-22(38-5)23(39-6)14-19(18)31)26(29(36)41-8-2)16(3)32-30(33)43-24/h9-14,27H,7-8,15H2,1-6H3/b24-12-/t27-/m0/s1. The molecule has 2 heterocycles. The molecule has 228 valence electrons. The van der Waals surface area contributed by atoms with E-state index in [2.05, 4.69) is 20.9 Å². The zero-order valence-corrected chi connectivity index (χ0v) is 26.9. The first-order chi connectivity index (χ1) is 20.7. The van der Waals surface area contributed by atoms with Crippen molar-refractivity contribution < 1.29 is 38.0 Å². The monoisotopic (exact) mass is 674 g/mol. The molecular weight excluding hydrogens is 644 g/mol. The number of hydrogen-bond donors (Lipinski definition) is 0. The molecule has 0 amide bonds. The number of thiazole rings is 1. The molecule has 1 atom stereocenters. The minimum Gasteiger partial charge on any atom is -0.493 e. The third-order valence-electron chi connectivity index (χ3n) is 6.45. The molecule has 11 nitrogen and oxygen atoms in total. The second-order valence-electron chi connectivity index (χ2n) is 9.03. The molecule has 1 aliphatic heterocycles. The molecular formula is C30H31BrN2O9S. The number of carbonyl (C=O) groups is 2. The fourth-order valence-electron chi connectivity index (χ4n) is 4.55. The van der Waals surface area contributed by atoms with Crippen molar-refractivity contribution in [2.24, 2.45) is 4.99 Å². The summed E-state index contributed by atoms with van der Waals surface area (Å²) in [6.07, 6.45) is 1.70. The summed E-state index contributed by atoms with van der Waals surface area (Å²) in [5.41, 5.74) is 1.55. The number of hydrogen-bond acceptors (Lipinski definition) is 11. The SMILES string of the molecule is CCOC(=O)COc1ccc(/C=c2\sc3n(c2=O)[C@@H](c2cc(OC)c(OC)cc2Br)C(C(=O)OCC)=C(C)N=3)cc1OC. The molecule has 4 rings (SSSR count). The highest BCUT2D eigenvalue weighted by atomic mass is 79.9. The van der Waals surface area contributed by atoms with Crippen LogP contribution in [0.3, 0.4) is 0 Å². The van der Waals surface area contributed by atoms with Crippen molar-refractivity contribution in [3.05, 3.63) is 76.9 Å². The van der Waals surface area contributed by atoms with Gasteiger partial charge < -0.3 is 28.4 Å². The Morgan fingerprint density at radius 2 is 1.63 bits per heavy atom. The van der Waals surface area contributed by atoms with E-state index >= 15 is 0 Å². The number of halogens is 1. The van der Waals surface area contributed by atoms with Crippen LogP contribution in [0, 0.1) is 0 Å². The van der Waals surface area contributed by atoms with Gasteiger partial charge in [0.05, 0.1) is 56.4 Å². The smallest absolute Gasteiger partial charge is 0.344 e. The van der Waals surface area contributed by atoms with Gasteiger partial charge in [0.25, 0.3) is 5.56 Å². The first-order valence-corrected chi connectivity index (χ1v) is 14.9. The molecule has 3 aromatic rings. The van der Waals surface area contributed by atoms with Crippen molar-refractivity contribution in [3.8, 4) is 23.0 Å². The van der Waals surface area contributed by atoms with Gasteiger partial charge in [0.2, 0.25) is 0 Å². The normalized spacial score (nSPS) is 14.5. The van der Waals surface area contributed by atoms with Crippen LogP contribution in [0.5, 0.6) is 23.0 Å². The molecule has 1 aliphatic rings. The summed E-state index contributed by atoms with van der Waals surface area (Å²) in [7, 11) is 4.51. The summed E-state index contributed by atoms with van der Waals surface area (Å²) in [6, 6.07) is 7.66. The lowest BCUT2D eigenvalue weighted by molar-refractivity contribution is -0.145. The van der Waals surface area contributed by atoms with Gasteiger partial charge in [-0.25, -0.2) is 14.6 Å². The summed E-state index contributed by atoms with van der Waals surface area (Å²) in [6.45, 7) is 5.28. The molecule has 2 aromatic carbocycles. The highest BCUT2D eigenvalue weighted by molar-refractivity contribution is 9.10. The summed E-state index contributed by atoms with van der Waals surface area (Å²) < 4.78 is 34.7. The van der Waals surface area contributed by atoms with Crippen molar-refractivity contribution >= 4 is 45.3 Å². The highest BCUT2D eigenvalue weighted by Gasteiger charge is 2.35. The number of methoxy groups -OCH3 is 3. The van der Waals surface area contributed by atoms with E-state index in [1.807, 2.05) is 0 Å². The Kier molecular flexibility index (Phi) is 10.3. The first-order valence-electron chi connectivity index (χ1n) is 13.2. The van der Waals surface area contributed by atoms with Crippen molar-refractivity contribution in [2.45, 2.75) is 26.8 Å². The number of aromatic nitrogens is 1. The van der Waals surface area contributed by atoms with Gasteiger partial charge in [-0.2, -0.15) is 0 Å². The lowest BCUT2D eigenvalue weighted by atomic mass is 9.95. The Bertz CT molecular complexity index is 1760. The molecule has 1 aromatic heterocycles. The summed E-state index contributed by atoms with van der Waals surface area (Å²) in [5, 5.41) is 0. The van der Waals surface area contributed by atoms with Gasteiger partial charge >= 0.3 is 11.9 Å². The average Bonchev–Trinajstić information content (AvgIpc) is 3.29. The van der Waals surface area contributed by atoms with Gasteiger partial charge in [-0.3, -0.25) is 9.36 Å². The Morgan fingerprint density at radius 1 is 0.977 bits per heavy atom. The van der Waals surface area contributed by atoms with Crippen LogP contribution in [0.25, 0.3) is 6.08 Å². The van der Waals surface area contributed by atoms with Gasteiger partial charge in [-0.1, -0.05) is 33.3 Å². The lowest BCUT2D eigenvalue weighted by Crippen LogP contribution is -2.40. The molecule has 0 radical (unpaired) electrons. The molecule has 0 spiro atoms. The number of fused-ring (bicyclic) bond motifs is 1. The number of ether oxygens (including phenoxy) is 6. The maximum absolute atomic E-state index is 14.0. The Morgan fingerprint density at radius 3 is 2.28 bits per heavy atom. The molecule has 0 saturated heterocycles. The minimum absolute atomic E-state index is 0.154. The molecule has 0 saturated carbocycles. The van der Waals surface area contributed by atoms with Gasteiger partial charge in [0.15, 0.2) is 34.4 Å². The van der Waals surface area contributed by atoms with Crippen LogP contribution < -0.4 is 33.8 Å². The fourth-order valence-corrected chi connectivity index (χ4v) is 6.13. The van der Waals surface area contributed by atoms with Gasteiger partial charge in [-0.15, -0.1) is 0 Å². The topological polar surface area (TPSA) is 124 Å². The highest BCUT2D eigenvalue weighted by Crippen LogP contribution is 2.40. The van der Waals surface area contributed by atoms with E-state index in [9.17, 15) is 14.4 Å². The zero-order valence-electron chi connectivity index (χ0n) is 24.5. The van der Waals surface area contributed by atoms with E-state index in [1.54, 1.807) is 57.2 Å². The first kappa shape index (κ1) is 31.8. The van der Waals surface area contributed by atoms with E-state index in [-0.39, 0.29) is 31.0 Å². The van der Waals surface area contributed by atoms with E-state index in [0.29, 0.717) is 53.6 Å². The van der Waals surface area contributed by atoms with Crippen molar-refractivity contribution in [3.63, 3.8) is 0 Å². The van der Waals surface area contributed by atoms with Gasteiger partial charge in [0.1, 0.15) is 0 Å². The summed E-state index contributed by atoms with van der Waals surface area (Å²) in [4.78, 5) is 44.0. The average molecular weight is 676 g/mol. The maximum Gasteiger partial charge on any atom is 0.344 e. The molecule has 0 N–H and O–H groups in total. The molecule has 0 bridgehead atoms. The summed E-state index contributed by atoms with van der Waals surface area (Å²) >= 11 is 4.78. The van der Waals surface area contributed by atoms with Gasteiger partial charge in [0, 0.05) is 4.47 Å². The predicted octanol–water partition coefficient (Wildman–Crippen LogP) is 3.53. The van der Waals surface area contributed by atoms with Crippen molar-refractivity contribution in [2.75, 3.05) is 41.2 Å². The van der Waals surface area contributed by atoms with Crippen molar-refractivity contribution in [1.82, 2.24) is 4.57 Å². The number of carbonyl (C=O) groups excluding carboxylic acids is 2. The Balaban J connectivity index is 1.86. The van der Waals surface area contributed by atoms with Crippen molar-refractivity contribution in [1.29, 1.82) is 0 Å².